The second-order valence-electron chi connectivity index (χ2n) is 4.86. The number of hydrogen-bond acceptors (Lipinski definition) is 5. The van der Waals surface area contributed by atoms with Gasteiger partial charge in [0.05, 0.1) is 17.0 Å². The average molecular weight is 360 g/mol. The van der Waals surface area contributed by atoms with Gasteiger partial charge in [-0.2, -0.15) is 0 Å². The molecule has 122 valence electrons. The Kier molecular flexibility index (Phi) is 5.56. The van der Waals surface area contributed by atoms with Gasteiger partial charge < -0.3 is 9.15 Å². The van der Waals surface area contributed by atoms with Crippen LogP contribution in [0.5, 0.6) is 0 Å². The molecule has 2 aromatic carbocycles. The molecule has 3 rings (SSSR count). The van der Waals surface area contributed by atoms with E-state index in [1.54, 1.807) is 12.3 Å². The fourth-order valence-electron chi connectivity index (χ4n) is 2.00. The van der Waals surface area contributed by atoms with E-state index in [2.05, 4.69) is 4.98 Å². The molecule has 0 radical (unpaired) electrons. The summed E-state index contributed by atoms with van der Waals surface area (Å²) in [4.78, 5) is 16.8. The minimum atomic E-state index is -0.348. The molecule has 0 saturated carbocycles. The lowest BCUT2D eigenvalue weighted by atomic mass is 10.2. The van der Waals surface area contributed by atoms with E-state index in [1.165, 1.54) is 11.8 Å². The normalized spacial score (nSPS) is 10.5. The molecule has 24 heavy (non-hydrogen) atoms. The van der Waals surface area contributed by atoms with E-state index in [0.29, 0.717) is 16.7 Å². The van der Waals surface area contributed by atoms with E-state index in [4.69, 9.17) is 20.8 Å². The van der Waals surface area contributed by atoms with E-state index in [-0.39, 0.29) is 18.3 Å². The van der Waals surface area contributed by atoms with Crippen molar-refractivity contribution in [2.75, 3.05) is 5.75 Å². The van der Waals surface area contributed by atoms with Gasteiger partial charge in [0.25, 0.3) is 0 Å². The van der Waals surface area contributed by atoms with Gasteiger partial charge in [-0.3, -0.25) is 4.79 Å². The van der Waals surface area contributed by atoms with Crippen LogP contribution in [0.4, 0.5) is 0 Å². The van der Waals surface area contributed by atoms with Gasteiger partial charge in [-0.05, 0) is 12.1 Å². The number of esters is 1. The van der Waals surface area contributed by atoms with Crippen molar-refractivity contribution in [1.29, 1.82) is 0 Å². The highest BCUT2D eigenvalue weighted by Gasteiger charge is 2.10. The van der Waals surface area contributed by atoms with Gasteiger partial charge in [0.1, 0.15) is 0 Å². The van der Waals surface area contributed by atoms with Crippen molar-refractivity contribution in [2.24, 2.45) is 0 Å². The molecule has 0 aliphatic carbocycles. The summed E-state index contributed by atoms with van der Waals surface area (Å²) >= 11 is 7.38. The predicted octanol–water partition coefficient (Wildman–Crippen LogP) is 4.83. The first-order valence-electron chi connectivity index (χ1n) is 7.25. The maximum absolute atomic E-state index is 11.8. The maximum Gasteiger partial charge on any atom is 0.316 e. The molecule has 0 fully saturated rings. The van der Waals surface area contributed by atoms with Gasteiger partial charge in [-0.15, -0.1) is 11.8 Å². The van der Waals surface area contributed by atoms with Crippen LogP contribution in [-0.4, -0.2) is 16.7 Å². The molecule has 0 spiro atoms. The summed E-state index contributed by atoms with van der Waals surface area (Å²) in [6, 6.07) is 17.0. The molecular formula is C18H14ClNO3S. The van der Waals surface area contributed by atoms with Crippen LogP contribution in [0.25, 0.3) is 11.3 Å². The Balaban J connectivity index is 1.50. The lowest BCUT2D eigenvalue weighted by Gasteiger charge is -2.04. The first-order valence-corrected chi connectivity index (χ1v) is 8.62. The topological polar surface area (TPSA) is 52.3 Å². The Morgan fingerprint density at radius 1 is 1.12 bits per heavy atom. The molecule has 0 amide bonds. The molecular weight excluding hydrogens is 346 g/mol. The molecule has 3 aromatic rings. The number of carbonyl (C=O) groups excluding carboxylic acids is 1. The zero-order valence-corrected chi connectivity index (χ0v) is 14.2. The van der Waals surface area contributed by atoms with Crippen molar-refractivity contribution < 1.29 is 13.9 Å². The molecule has 0 saturated heterocycles. The van der Waals surface area contributed by atoms with Crippen LogP contribution in [-0.2, 0) is 16.1 Å². The summed E-state index contributed by atoms with van der Waals surface area (Å²) in [6.45, 7) is 0.00868. The van der Waals surface area contributed by atoms with Gasteiger partial charge in [-0.1, -0.05) is 54.1 Å². The maximum atomic E-state index is 11.8. The molecule has 6 heteroatoms. The van der Waals surface area contributed by atoms with Crippen molar-refractivity contribution in [3.8, 4) is 11.3 Å². The molecule has 0 unspecified atom stereocenters. The number of ether oxygens (including phenoxy) is 1. The third-order valence-electron chi connectivity index (χ3n) is 3.15. The number of thioether (sulfide) groups is 1. The minimum Gasteiger partial charge on any atom is -0.455 e. The Hall–Kier alpha value is -2.24. The number of benzene rings is 2. The highest BCUT2D eigenvalue weighted by molar-refractivity contribution is 8.00. The molecule has 1 aromatic heterocycles. The zero-order chi connectivity index (χ0) is 16.8. The first kappa shape index (κ1) is 16.6. The number of halogens is 1. The summed E-state index contributed by atoms with van der Waals surface area (Å²) in [5.41, 5.74) is 0.928. The number of carbonyl (C=O) groups is 1. The molecule has 0 atom stereocenters. The van der Waals surface area contributed by atoms with Crippen LogP contribution >= 0.6 is 23.4 Å². The van der Waals surface area contributed by atoms with Gasteiger partial charge in [0.2, 0.25) is 5.89 Å². The minimum absolute atomic E-state index is 0.00868. The van der Waals surface area contributed by atoms with Crippen molar-refractivity contribution in [1.82, 2.24) is 4.98 Å². The quantitative estimate of drug-likeness (QED) is 0.466. The predicted molar refractivity (Wildman–Crippen MR) is 93.9 cm³/mol. The van der Waals surface area contributed by atoms with Crippen LogP contribution in [0.2, 0.25) is 5.02 Å². The van der Waals surface area contributed by atoms with Gasteiger partial charge >= 0.3 is 5.97 Å². The van der Waals surface area contributed by atoms with Gasteiger partial charge in [0.15, 0.2) is 12.4 Å². The van der Waals surface area contributed by atoms with Crippen LogP contribution in [0.15, 0.2) is 70.1 Å². The summed E-state index contributed by atoms with van der Waals surface area (Å²) in [6.07, 6.45) is 1.62. The van der Waals surface area contributed by atoms with E-state index >= 15 is 0 Å². The molecule has 0 N–H and O–H groups in total. The van der Waals surface area contributed by atoms with Gasteiger partial charge in [0, 0.05) is 10.5 Å². The van der Waals surface area contributed by atoms with Crippen molar-refractivity contribution in [2.45, 2.75) is 11.5 Å². The van der Waals surface area contributed by atoms with E-state index in [0.717, 1.165) is 10.5 Å². The molecule has 0 aliphatic heterocycles. The number of hydrogen-bond donors (Lipinski definition) is 0. The summed E-state index contributed by atoms with van der Waals surface area (Å²) in [5.74, 6) is 0.840. The first-order chi connectivity index (χ1) is 11.7. The third kappa shape index (κ3) is 4.40. The summed E-state index contributed by atoms with van der Waals surface area (Å²) < 4.78 is 10.8. The van der Waals surface area contributed by atoms with Gasteiger partial charge in [-0.25, -0.2) is 4.98 Å². The third-order valence-corrected chi connectivity index (χ3v) is 4.64. The lowest BCUT2D eigenvalue weighted by molar-refractivity contribution is -0.142. The molecule has 0 bridgehead atoms. The second-order valence-corrected chi connectivity index (χ2v) is 6.29. The van der Waals surface area contributed by atoms with Crippen LogP contribution < -0.4 is 0 Å². The summed E-state index contributed by atoms with van der Waals surface area (Å²) in [7, 11) is 0. The fourth-order valence-corrected chi connectivity index (χ4v) is 3.03. The Morgan fingerprint density at radius 2 is 1.88 bits per heavy atom. The standard InChI is InChI=1S/C18H14ClNO3S/c19-14-8-4-5-9-16(14)24-12-18(21)22-11-17-20-10-15(23-17)13-6-2-1-3-7-13/h1-10H,11-12H2. The zero-order valence-electron chi connectivity index (χ0n) is 12.6. The molecule has 0 aliphatic rings. The number of aromatic nitrogens is 1. The SMILES string of the molecule is O=C(CSc1ccccc1Cl)OCc1ncc(-c2ccccc2)o1. The number of oxazole rings is 1. The van der Waals surface area contributed by atoms with Crippen LogP contribution in [0, 0.1) is 0 Å². The average Bonchev–Trinajstić information content (AvgIpc) is 3.09. The summed E-state index contributed by atoms with van der Waals surface area (Å²) in [5, 5.41) is 0.621. The highest BCUT2D eigenvalue weighted by Crippen LogP contribution is 2.26. The molecule has 4 nitrogen and oxygen atoms in total. The Labute approximate surface area is 148 Å². The van der Waals surface area contributed by atoms with Crippen LogP contribution in [0.1, 0.15) is 5.89 Å². The largest absolute Gasteiger partial charge is 0.455 e. The lowest BCUT2D eigenvalue weighted by Crippen LogP contribution is -2.07. The molecule has 1 heterocycles. The monoisotopic (exact) mass is 359 g/mol. The highest BCUT2D eigenvalue weighted by atomic mass is 35.5. The van der Waals surface area contributed by atoms with Crippen LogP contribution in [0.3, 0.4) is 0 Å². The Morgan fingerprint density at radius 3 is 2.67 bits per heavy atom. The van der Waals surface area contributed by atoms with Crippen molar-refractivity contribution in [3.63, 3.8) is 0 Å². The van der Waals surface area contributed by atoms with E-state index in [1.807, 2.05) is 48.5 Å². The van der Waals surface area contributed by atoms with Crippen molar-refractivity contribution >= 4 is 29.3 Å². The fraction of sp³-hybridized carbons (Fsp3) is 0.111. The van der Waals surface area contributed by atoms with Crippen molar-refractivity contribution in [3.05, 3.63) is 71.7 Å². The smallest absolute Gasteiger partial charge is 0.316 e. The van der Waals surface area contributed by atoms with E-state index in [9.17, 15) is 4.79 Å². The second kappa shape index (κ2) is 8.04. The Bertz CT molecular complexity index is 820. The number of rotatable bonds is 6. The van der Waals surface area contributed by atoms with E-state index < -0.39 is 0 Å². The number of nitrogens with zero attached hydrogens (tertiary/aromatic N) is 1.